The number of aliphatic hydroxyl groups excluding tert-OH is 1. The summed E-state index contributed by atoms with van der Waals surface area (Å²) >= 11 is 5.88. The molecule has 0 saturated heterocycles. The van der Waals surface area contributed by atoms with Crippen molar-refractivity contribution in [1.29, 1.82) is 0 Å². The molecule has 1 aromatic carbocycles. The van der Waals surface area contributed by atoms with Gasteiger partial charge in [0, 0.05) is 24.3 Å². The summed E-state index contributed by atoms with van der Waals surface area (Å²) in [7, 11) is 0. The fraction of sp³-hybridized carbons (Fsp3) is 0.278. The Balaban J connectivity index is 0.00000261. The zero-order valence-corrected chi connectivity index (χ0v) is 17.9. The van der Waals surface area contributed by atoms with E-state index in [1.807, 2.05) is 35.7 Å². The van der Waals surface area contributed by atoms with Gasteiger partial charge in [-0.1, -0.05) is 29.8 Å². The Kier molecular flexibility index (Phi) is 8.26. The number of halogens is 2. The van der Waals surface area contributed by atoms with Gasteiger partial charge in [-0.15, -0.1) is 34.2 Å². The van der Waals surface area contributed by atoms with Crippen LogP contribution in [0.3, 0.4) is 0 Å². The van der Waals surface area contributed by atoms with Crippen molar-refractivity contribution >= 4 is 47.2 Å². The van der Waals surface area contributed by atoms with Crippen molar-refractivity contribution in [3.8, 4) is 0 Å². The molecule has 27 heavy (non-hydrogen) atoms. The molecular weight excluding hydrogens is 479 g/mol. The first-order valence-electron chi connectivity index (χ1n) is 8.41. The van der Waals surface area contributed by atoms with Crippen LogP contribution in [0.5, 0.6) is 0 Å². The van der Waals surface area contributed by atoms with Gasteiger partial charge in [-0.05, 0) is 36.8 Å². The third kappa shape index (κ3) is 5.78. The lowest BCUT2D eigenvalue weighted by atomic mass is 10.1. The number of aromatic nitrogens is 3. The summed E-state index contributed by atoms with van der Waals surface area (Å²) in [5.41, 5.74) is 1.58. The van der Waals surface area contributed by atoms with Gasteiger partial charge in [-0.25, -0.2) is 4.99 Å². The van der Waals surface area contributed by atoms with Crippen LogP contribution in [0.2, 0.25) is 5.02 Å². The maximum atomic E-state index is 10.3. The summed E-state index contributed by atoms with van der Waals surface area (Å²) in [6.45, 7) is 3.40. The van der Waals surface area contributed by atoms with Crippen molar-refractivity contribution in [1.82, 2.24) is 25.2 Å². The van der Waals surface area contributed by atoms with Crippen LogP contribution < -0.4 is 10.6 Å². The molecule has 7 nitrogen and oxygen atoms in total. The van der Waals surface area contributed by atoms with Crippen molar-refractivity contribution in [3.63, 3.8) is 0 Å². The highest BCUT2D eigenvalue weighted by atomic mass is 127. The lowest BCUT2D eigenvalue weighted by Crippen LogP contribution is -2.39. The van der Waals surface area contributed by atoms with E-state index in [2.05, 4.69) is 25.8 Å². The fourth-order valence-electron chi connectivity index (χ4n) is 2.49. The summed E-state index contributed by atoms with van der Waals surface area (Å²) in [5, 5.41) is 25.5. The van der Waals surface area contributed by atoms with E-state index in [1.54, 1.807) is 24.3 Å². The second-order valence-corrected chi connectivity index (χ2v) is 6.12. The molecule has 144 valence electrons. The van der Waals surface area contributed by atoms with Gasteiger partial charge in [0.05, 0.1) is 6.10 Å². The van der Waals surface area contributed by atoms with Gasteiger partial charge in [0.15, 0.2) is 17.4 Å². The first kappa shape index (κ1) is 21.4. The molecule has 0 amide bonds. The maximum Gasteiger partial charge on any atom is 0.191 e. The van der Waals surface area contributed by atoms with Crippen molar-refractivity contribution in [2.75, 3.05) is 13.1 Å². The second-order valence-electron chi connectivity index (χ2n) is 5.69. The third-order valence-electron chi connectivity index (χ3n) is 3.82. The zero-order valence-electron chi connectivity index (χ0n) is 14.8. The molecular formula is C18H22ClIN6O. The highest BCUT2D eigenvalue weighted by Crippen LogP contribution is 2.15. The number of fused-ring (bicyclic) bond motifs is 1. The fourth-order valence-corrected chi connectivity index (χ4v) is 2.61. The number of hydrogen-bond donors (Lipinski definition) is 3. The molecule has 1 unspecified atom stereocenters. The van der Waals surface area contributed by atoms with Crippen LogP contribution in [-0.4, -0.2) is 38.8 Å². The van der Waals surface area contributed by atoms with Gasteiger partial charge in [-0.3, -0.25) is 4.40 Å². The lowest BCUT2D eigenvalue weighted by Gasteiger charge is -2.15. The predicted octanol–water partition coefficient (Wildman–Crippen LogP) is 2.79. The summed E-state index contributed by atoms with van der Waals surface area (Å²) in [5.74, 6) is 1.35. The highest BCUT2D eigenvalue weighted by molar-refractivity contribution is 14.0. The molecule has 0 spiro atoms. The van der Waals surface area contributed by atoms with E-state index in [9.17, 15) is 5.11 Å². The minimum absolute atomic E-state index is 0. The Hall–Kier alpha value is -1.91. The van der Waals surface area contributed by atoms with Crippen molar-refractivity contribution in [2.45, 2.75) is 19.6 Å². The quantitative estimate of drug-likeness (QED) is 0.275. The second kappa shape index (κ2) is 10.4. The summed E-state index contributed by atoms with van der Waals surface area (Å²) in [4.78, 5) is 4.52. The van der Waals surface area contributed by atoms with Gasteiger partial charge >= 0.3 is 0 Å². The number of guanidine groups is 1. The number of benzene rings is 1. The normalized spacial score (nSPS) is 12.5. The maximum absolute atomic E-state index is 10.3. The largest absolute Gasteiger partial charge is 0.387 e. The van der Waals surface area contributed by atoms with Gasteiger partial charge in [0.1, 0.15) is 6.54 Å². The van der Waals surface area contributed by atoms with Crippen molar-refractivity contribution < 1.29 is 5.11 Å². The zero-order chi connectivity index (χ0) is 18.4. The molecule has 0 bridgehead atoms. The van der Waals surface area contributed by atoms with Crippen LogP contribution in [0.15, 0.2) is 53.7 Å². The Labute approximate surface area is 179 Å². The monoisotopic (exact) mass is 500 g/mol. The Morgan fingerprint density at radius 2 is 1.96 bits per heavy atom. The Bertz CT molecular complexity index is 883. The molecule has 0 radical (unpaired) electrons. The van der Waals surface area contributed by atoms with Gasteiger partial charge in [0.2, 0.25) is 0 Å². The number of nitrogens with one attached hydrogen (secondary N) is 2. The van der Waals surface area contributed by atoms with E-state index in [1.165, 1.54) is 0 Å². The average Bonchev–Trinajstić information content (AvgIpc) is 3.07. The number of pyridine rings is 1. The highest BCUT2D eigenvalue weighted by Gasteiger charge is 2.09. The van der Waals surface area contributed by atoms with Crippen LogP contribution in [0.4, 0.5) is 0 Å². The van der Waals surface area contributed by atoms with E-state index in [0.29, 0.717) is 30.6 Å². The number of nitrogens with zero attached hydrogens (tertiary/aromatic N) is 4. The van der Waals surface area contributed by atoms with E-state index in [0.717, 1.165) is 17.0 Å². The summed E-state index contributed by atoms with van der Waals surface area (Å²) < 4.78 is 1.90. The number of aliphatic imine (C=N–C) groups is 1. The number of rotatable bonds is 6. The molecule has 3 rings (SSSR count). The molecule has 0 aliphatic carbocycles. The van der Waals surface area contributed by atoms with E-state index >= 15 is 0 Å². The smallest absolute Gasteiger partial charge is 0.191 e. The van der Waals surface area contributed by atoms with E-state index < -0.39 is 6.10 Å². The minimum Gasteiger partial charge on any atom is -0.387 e. The molecule has 2 aromatic heterocycles. The van der Waals surface area contributed by atoms with Crippen molar-refractivity contribution in [2.24, 2.45) is 4.99 Å². The molecule has 2 heterocycles. The average molecular weight is 501 g/mol. The first-order chi connectivity index (χ1) is 12.7. The molecule has 0 aliphatic heterocycles. The standard InChI is InChI=1S/C18H21ClN6O.HI/c1-2-20-18(21-11-15(26)13-6-8-14(19)9-7-13)22-12-17-24-23-16-5-3-4-10-25(16)17;/h3-10,15,26H,2,11-12H2,1H3,(H2,20,21,22);1H. The number of aliphatic hydroxyl groups is 1. The van der Waals surface area contributed by atoms with Gasteiger partial charge < -0.3 is 15.7 Å². The third-order valence-corrected chi connectivity index (χ3v) is 4.08. The molecule has 9 heteroatoms. The van der Waals surface area contributed by atoms with Crippen LogP contribution in [0.25, 0.3) is 5.65 Å². The number of hydrogen-bond acceptors (Lipinski definition) is 4. The van der Waals surface area contributed by atoms with Crippen LogP contribution in [0, 0.1) is 0 Å². The van der Waals surface area contributed by atoms with Crippen LogP contribution in [-0.2, 0) is 6.54 Å². The summed E-state index contributed by atoms with van der Waals surface area (Å²) in [6.07, 6.45) is 1.25. The van der Waals surface area contributed by atoms with Crippen LogP contribution >= 0.6 is 35.6 Å². The van der Waals surface area contributed by atoms with E-state index in [4.69, 9.17) is 11.6 Å². The van der Waals surface area contributed by atoms with Gasteiger partial charge in [0.25, 0.3) is 0 Å². The molecule has 3 aromatic rings. The minimum atomic E-state index is -0.662. The Morgan fingerprint density at radius 1 is 1.19 bits per heavy atom. The molecule has 0 fully saturated rings. The molecule has 0 saturated carbocycles. The summed E-state index contributed by atoms with van der Waals surface area (Å²) in [6, 6.07) is 12.9. The molecule has 0 aliphatic rings. The van der Waals surface area contributed by atoms with E-state index in [-0.39, 0.29) is 24.0 Å². The van der Waals surface area contributed by atoms with Gasteiger partial charge in [-0.2, -0.15) is 0 Å². The predicted molar refractivity (Wildman–Crippen MR) is 118 cm³/mol. The first-order valence-corrected chi connectivity index (χ1v) is 8.79. The van der Waals surface area contributed by atoms with Crippen molar-refractivity contribution in [3.05, 3.63) is 65.1 Å². The SMILES string of the molecule is CCNC(=NCc1nnc2ccccn12)NCC(O)c1ccc(Cl)cc1.I. The Morgan fingerprint density at radius 3 is 2.70 bits per heavy atom. The molecule has 1 atom stereocenters. The van der Waals surface area contributed by atoms with Crippen LogP contribution in [0.1, 0.15) is 24.4 Å². The molecule has 3 N–H and O–H groups in total. The topological polar surface area (TPSA) is 86.8 Å². The lowest BCUT2D eigenvalue weighted by molar-refractivity contribution is 0.181.